The Labute approximate surface area is 64.8 Å². The molecular weight excluding hydrogens is 124 g/mol. The fourth-order valence-electron chi connectivity index (χ4n) is 0.715. The summed E-state index contributed by atoms with van der Waals surface area (Å²) in [6.45, 7) is 5.89. The number of aliphatic hydroxyl groups is 1. The van der Waals surface area contributed by atoms with Crippen LogP contribution in [0.1, 0.15) is 39.0 Å². The average Bonchev–Trinajstić information content (AvgIpc) is 2.02. The Morgan fingerprint density at radius 1 is 1.20 bits per heavy atom. The molecule has 0 aliphatic carbocycles. The number of rotatable bonds is 5. The molecular formula is C9H20O. The van der Waals surface area contributed by atoms with Crippen molar-refractivity contribution >= 4 is 0 Å². The van der Waals surface area contributed by atoms with E-state index in [0.29, 0.717) is 0 Å². The van der Waals surface area contributed by atoms with Crippen LogP contribution in [0.4, 0.5) is 0 Å². The van der Waals surface area contributed by atoms with E-state index in [1.165, 1.54) is 32.1 Å². The molecule has 0 heterocycles. The van der Waals surface area contributed by atoms with Crippen LogP contribution in [-0.4, -0.2) is 12.2 Å². The van der Waals surface area contributed by atoms with Crippen molar-refractivity contribution in [1.82, 2.24) is 0 Å². The Balaban J connectivity index is 0. The molecule has 0 amide bonds. The lowest BCUT2D eigenvalue weighted by Crippen LogP contribution is -1.71. The van der Waals surface area contributed by atoms with E-state index in [2.05, 4.69) is 13.5 Å². The van der Waals surface area contributed by atoms with Crippen LogP contribution in [0, 0.1) is 0 Å². The normalized spacial score (nSPS) is 7.90. The van der Waals surface area contributed by atoms with E-state index in [9.17, 15) is 0 Å². The van der Waals surface area contributed by atoms with Crippen LogP contribution in [-0.2, 0) is 0 Å². The number of aliphatic hydroxyl groups excluding tert-OH is 1. The molecule has 0 radical (unpaired) electrons. The van der Waals surface area contributed by atoms with Gasteiger partial charge in [0.25, 0.3) is 0 Å². The Kier molecular flexibility index (Phi) is 19.7. The van der Waals surface area contributed by atoms with Gasteiger partial charge in [0.15, 0.2) is 0 Å². The van der Waals surface area contributed by atoms with E-state index in [-0.39, 0.29) is 0 Å². The van der Waals surface area contributed by atoms with Gasteiger partial charge < -0.3 is 5.11 Å². The zero-order valence-electron chi connectivity index (χ0n) is 7.27. The van der Waals surface area contributed by atoms with E-state index in [0.717, 1.165) is 7.11 Å². The molecule has 0 atom stereocenters. The van der Waals surface area contributed by atoms with Gasteiger partial charge in [0.2, 0.25) is 0 Å². The van der Waals surface area contributed by atoms with Gasteiger partial charge in [-0.15, -0.1) is 6.58 Å². The minimum absolute atomic E-state index is 1.00. The fourth-order valence-corrected chi connectivity index (χ4v) is 0.715. The summed E-state index contributed by atoms with van der Waals surface area (Å²) in [5.41, 5.74) is 0. The van der Waals surface area contributed by atoms with Crippen LogP contribution in [0.15, 0.2) is 12.7 Å². The molecule has 0 aromatic heterocycles. The Morgan fingerprint density at radius 2 is 1.80 bits per heavy atom. The lowest BCUT2D eigenvalue weighted by atomic mass is 10.2. The maximum atomic E-state index is 7.00. The minimum atomic E-state index is 1.00. The highest BCUT2D eigenvalue weighted by molar-refractivity contribution is 4.64. The van der Waals surface area contributed by atoms with Gasteiger partial charge >= 0.3 is 0 Å². The smallest absolute Gasteiger partial charge is 0.0319 e. The molecule has 0 aliphatic rings. The highest BCUT2D eigenvalue weighted by Crippen LogP contribution is 2.01. The molecule has 0 saturated carbocycles. The first-order chi connectivity index (χ1) is 4.91. The van der Waals surface area contributed by atoms with Crippen LogP contribution in [0.2, 0.25) is 0 Å². The van der Waals surface area contributed by atoms with Crippen LogP contribution in [0.3, 0.4) is 0 Å². The van der Waals surface area contributed by atoms with Crippen molar-refractivity contribution in [1.29, 1.82) is 0 Å². The molecule has 0 unspecified atom stereocenters. The predicted octanol–water partition coefficient (Wildman–Crippen LogP) is 2.75. The van der Waals surface area contributed by atoms with Gasteiger partial charge in [-0.1, -0.05) is 32.3 Å². The zero-order chi connectivity index (χ0) is 8.24. The van der Waals surface area contributed by atoms with Crippen LogP contribution >= 0.6 is 0 Å². The highest BCUT2D eigenvalue weighted by atomic mass is 16.2. The van der Waals surface area contributed by atoms with E-state index >= 15 is 0 Å². The zero-order valence-corrected chi connectivity index (χ0v) is 7.27. The Morgan fingerprint density at radius 3 is 2.20 bits per heavy atom. The molecule has 0 spiro atoms. The molecule has 0 rings (SSSR count). The summed E-state index contributed by atoms with van der Waals surface area (Å²) in [7, 11) is 1.00. The number of unbranched alkanes of at least 4 members (excludes halogenated alkanes) is 4. The summed E-state index contributed by atoms with van der Waals surface area (Å²) in [6.07, 6.45) is 8.61. The first-order valence-electron chi connectivity index (χ1n) is 3.97. The van der Waals surface area contributed by atoms with Gasteiger partial charge in [0, 0.05) is 7.11 Å². The average molecular weight is 144 g/mol. The third-order valence-corrected chi connectivity index (χ3v) is 1.26. The van der Waals surface area contributed by atoms with Gasteiger partial charge in [0.1, 0.15) is 0 Å². The monoisotopic (exact) mass is 144 g/mol. The summed E-state index contributed by atoms with van der Waals surface area (Å²) in [4.78, 5) is 0. The molecule has 1 heteroatoms. The first kappa shape index (κ1) is 12.4. The van der Waals surface area contributed by atoms with Crippen molar-refractivity contribution in [3.8, 4) is 0 Å². The van der Waals surface area contributed by atoms with E-state index in [1.807, 2.05) is 6.08 Å². The summed E-state index contributed by atoms with van der Waals surface area (Å²) in [6, 6.07) is 0. The summed E-state index contributed by atoms with van der Waals surface area (Å²) in [5, 5.41) is 7.00. The van der Waals surface area contributed by atoms with Gasteiger partial charge in [-0.2, -0.15) is 0 Å². The topological polar surface area (TPSA) is 20.2 Å². The van der Waals surface area contributed by atoms with Crippen LogP contribution in [0.25, 0.3) is 0 Å². The van der Waals surface area contributed by atoms with Crippen molar-refractivity contribution in [2.75, 3.05) is 7.11 Å². The minimum Gasteiger partial charge on any atom is -0.400 e. The largest absolute Gasteiger partial charge is 0.400 e. The molecule has 0 aliphatic heterocycles. The molecule has 1 nitrogen and oxygen atoms in total. The third kappa shape index (κ3) is 15.6. The fraction of sp³-hybridized carbons (Fsp3) is 0.778. The molecule has 1 N–H and O–H groups in total. The number of hydrogen-bond donors (Lipinski definition) is 1. The second-order valence-electron chi connectivity index (χ2n) is 2.14. The first-order valence-corrected chi connectivity index (χ1v) is 3.97. The van der Waals surface area contributed by atoms with E-state index in [1.54, 1.807) is 0 Å². The van der Waals surface area contributed by atoms with Crippen molar-refractivity contribution in [3.05, 3.63) is 12.7 Å². The predicted molar refractivity (Wildman–Crippen MR) is 47.1 cm³/mol. The number of hydrogen-bond acceptors (Lipinski definition) is 1. The van der Waals surface area contributed by atoms with E-state index in [4.69, 9.17) is 5.11 Å². The quantitative estimate of drug-likeness (QED) is 0.464. The second kappa shape index (κ2) is 15.9. The number of allylic oxidation sites excluding steroid dienone is 1. The standard InChI is InChI=1S/C8H16.CH4O/c1-3-5-7-8-6-4-2;1-2/h3H,1,4-8H2,2H3;2H,1H3. The van der Waals surface area contributed by atoms with Crippen molar-refractivity contribution in [2.24, 2.45) is 0 Å². The van der Waals surface area contributed by atoms with Crippen LogP contribution < -0.4 is 0 Å². The van der Waals surface area contributed by atoms with E-state index < -0.39 is 0 Å². The lowest BCUT2D eigenvalue weighted by Gasteiger charge is -1.91. The summed E-state index contributed by atoms with van der Waals surface area (Å²) >= 11 is 0. The maximum absolute atomic E-state index is 7.00. The SMILES string of the molecule is C=CCCCCCC.CO. The molecule has 0 aromatic carbocycles. The molecule has 0 saturated heterocycles. The van der Waals surface area contributed by atoms with Gasteiger partial charge in [-0.05, 0) is 12.8 Å². The van der Waals surface area contributed by atoms with Crippen molar-refractivity contribution in [3.63, 3.8) is 0 Å². The van der Waals surface area contributed by atoms with Gasteiger partial charge in [0.05, 0.1) is 0 Å². The maximum Gasteiger partial charge on any atom is 0.0319 e. The molecule has 0 aromatic rings. The van der Waals surface area contributed by atoms with Gasteiger partial charge in [-0.3, -0.25) is 0 Å². The molecule has 10 heavy (non-hydrogen) atoms. The summed E-state index contributed by atoms with van der Waals surface area (Å²) in [5.74, 6) is 0. The lowest BCUT2D eigenvalue weighted by molar-refractivity contribution is 0.399. The van der Waals surface area contributed by atoms with Crippen molar-refractivity contribution < 1.29 is 5.11 Å². The Hall–Kier alpha value is -0.300. The summed E-state index contributed by atoms with van der Waals surface area (Å²) < 4.78 is 0. The van der Waals surface area contributed by atoms with Crippen LogP contribution in [0.5, 0.6) is 0 Å². The second-order valence-corrected chi connectivity index (χ2v) is 2.14. The van der Waals surface area contributed by atoms with Crippen molar-refractivity contribution in [2.45, 2.75) is 39.0 Å². The molecule has 62 valence electrons. The Bertz CT molecular complexity index is 50.7. The molecule has 0 fully saturated rings. The molecule has 0 bridgehead atoms. The highest BCUT2D eigenvalue weighted by Gasteiger charge is 1.81. The van der Waals surface area contributed by atoms with Gasteiger partial charge in [-0.25, -0.2) is 0 Å². The third-order valence-electron chi connectivity index (χ3n) is 1.26.